The number of morpholine rings is 1. The maximum atomic E-state index is 11.6. The Hall–Kier alpha value is -1.52. The lowest BCUT2D eigenvalue weighted by molar-refractivity contribution is -0.113. The van der Waals surface area contributed by atoms with Gasteiger partial charge in [-0.1, -0.05) is 18.2 Å². The molecule has 1 aliphatic carbocycles. The van der Waals surface area contributed by atoms with Crippen LogP contribution in [0.4, 0.5) is 0 Å². The van der Waals surface area contributed by atoms with E-state index in [2.05, 4.69) is 16.0 Å². The minimum atomic E-state index is -0.135. The van der Waals surface area contributed by atoms with Crippen LogP contribution >= 0.6 is 0 Å². The fourth-order valence-electron chi connectivity index (χ4n) is 2.52. The summed E-state index contributed by atoms with van der Waals surface area (Å²) in [7, 11) is 0. The fourth-order valence-corrected chi connectivity index (χ4v) is 2.52. The Morgan fingerprint density at radius 2 is 2.17 bits per heavy atom. The molecule has 0 aromatic rings. The SMILES string of the molecule is O=C1C=C(CN2CCOCC2)C2C=CC=CC2=N1. The predicted octanol–water partition coefficient (Wildman–Crippen LogP) is 0.968. The van der Waals surface area contributed by atoms with Crippen molar-refractivity contribution in [3.63, 3.8) is 0 Å². The van der Waals surface area contributed by atoms with Crippen molar-refractivity contribution in [1.82, 2.24) is 4.90 Å². The highest BCUT2D eigenvalue weighted by Gasteiger charge is 2.25. The summed E-state index contributed by atoms with van der Waals surface area (Å²) >= 11 is 0. The van der Waals surface area contributed by atoms with E-state index in [0.717, 1.165) is 44.1 Å². The summed E-state index contributed by atoms with van der Waals surface area (Å²) in [5, 5.41) is 0. The summed E-state index contributed by atoms with van der Waals surface area (Å²) < 4.78 is 5.34. The average Bonchev–Trinajstić information content (AvgIpc) is 2.40. The standard InChI is InChI=1S/C14H16N2O2/c17-14-9-11(10-16-5-7-18-8-6-16)12-3-1-2-4-13(12)15-14/h1-4,9,12H,5-8,10H2. The van der Waals surface area contributed by atoms with Crippen molar-refractivity contribution in [2.75, 3.05) is 32.8 Å². The largest absolute Gasteiger partial charge is 0.379 e. The van der Waals surface area contributed by atoms with Crippen LogP contribution in [0.15, 0.2) is 40.9 Å². The quantitative estimate of drug-likeness (QED) is 0.727. The Kier molecular flexibility index (Phi) is 3.21. The number of fused-ring (bicyclic) bond motifs is 1. The van der Waals surface area contributed by atoms with Crippen molar-refractivity contribution >= 4 is 11.6 Å². The third-order valence-corrected chi connectivity index (χ3v) is 3.46. The maximum Gasteiger partial charge on any atom is 0.269 e. The minimum Gasteiger partial charge on any atom is -0.379 e. The molecular weight excluding hydrogens is 228 g/mol. The summed E-state index contributed by atoms with van der Waals surface area (Å²) in [4.78, 5) is 18.0. The van der Waals surface area contributed by atoms with E-state index in [-0.39, 0.29) is 11.8 Å². The second-order valence-electron chi connectivity index (χ2n) is 4.70. The highest BCUT2D eigenvalue weighted by molar-refractivity contribution is 6.12. The zero-order chi connectivity index (χ0) is 12.4. The smallest absolute Gasteiger partial charge is 0.269 e. The first-order valence-corrected chi connectivity index (χ1v) is 6.31. The number of hydrogen-bond donors (Lipinski definition) is 0. The Labute approximate surface area is 106 Å². The second-order valence-corrected chi connectivity index (χ2v) is 4.70. The first-order valence-electron chi connectivity index (χ1n) is 6.31. The molecule has 1 unspecified atom stereocenters. The van der Waals surface area contributed by atoms with E-state index in [1.165, 1.54) is 0 Å². The summed E-state index contributed by atoms with van der Waals surface area (Å²) in [6.45, 7) is 4.26. The topological polar surface area (TPSA) is 41.9 Å². The molecule has 2 heterocycles. The van der Waals surface area contributed by atoms with Crippen molar-refractivity contribution in [3.05, 3.63) is 36.0 Å². The number of hydrogen-bond acceptors (Lipinski definition) is 3. The van der Waals surface area contributed by atoms with Crippen molar-refractivity contribution in [2.24, 2.45) is 10.9 Å². The molecule has 1 atom stereocenters. The number of carbonyl (C=O) groups excluding carboxylic acids is 1. The van der Waals surface area contributed by atoms with Crippen LogP contribution in [0.5, 0.6) is 0 Å². The molecule has 1 fully saturated rings. The summed E-state index contributed by atoms with van der Waals surface area (Å²) in [5.74, 6) is 0.0417. The van der Waals surface area contributed by atoms with Gasteiger partial charge in [0.1, 0.15) is 0 Å². The third-order valence-electron chi connectivity index (χ3n) is 3.46. The molecule has 2 aliphatic heterocycles. The van der Waals surface area contributed by atoms with Crippen LogP contribution in [0.2, 0.25) is 0 Å². The van der Waals surface area contributed by atoms with Gasteiger partial charge in [-0.25, -0.2) is 4.99 Å². The lowest BCUT2D eigenvalue weighted by Gasteiger charge is -2.30. The maximum absolute atomic E-state index is 11.6. The molecule has 4 heteroatoms. The van der Waals surface area contributed by atoms with Gasteiger partial charge in [-0.2, -0.15) is 0 Å². The molecule has 0 N–H and O–H groups in total. The van der Waals surface area contributed by atoms with Gasteiger partial charge in [-0.3, -0.25) is 9.69 Å². The Bertz CT molecular complexity index is 468. The third kappa shape index (κ3) is 2.35. The molecular formula is C14H16N2O2. The number of allylic oxidation sites excluding steroid dienone is 4. The molecule has 94 valence electrons. The van der Waals surface area contributed by atoms with Gasteiger partial charge in [0.05, 0.1) is 18.9 Å². The van der Waals surface area contributed by atoms with Crippen LogP contribution in [0.25, 0.3) is 0 Å². The number of aliphatic imine (C=N–C) groups is 1. The van der Waals surface area contributed by atoms with E-state index in [9.17, 15) is 4.79 Å². The number of carbonyl (C=O) groups is 1. The molecule has 0 aromatic heterocycles. The molecule has 18 heavy (non-hydrogen) atoms. The van der Waals surface area contributed by atoms with Gasteiger partial charge >= 0.3 is 0 Å². The first-order chi connectivity index (χ1) is 8.83. The van der Waals surface area contributed by atoms with Crippen molar-refractivity contribution in [2.45, 2.75) is 0 Å². The van der Waals surface area contributed by atoms with Crippen LogP contribution in [0.1, 0.15) is 0 Å². The number of ether oxygens (including phenoxy) is 1. The predicted molar refractivity (Wildman–Crippen MR) is 69.6 cm³/mol. The van der Waals surface area contributed by atoms with Gasteiger partial charge in [0.2, 0.25) is 0 Å². The highest BCUT2D eigenvalue weighted by atomic mass is 16.5. The van der Waals surface area contributed by atoms with E-state index in [0.29, 0.717) is 0 Å². The van der Waals surface area contributed by atoms with Gasteiger partial charge in [0.15, 0.2) is 0 Å². The molecule has 3 aliphatic rings. The molecule has 0 radical (unpaired) electrons. The van der Waals surface area contributed by atoms with E-state index in [1.54, 1.807) is 6.08 Å². The minimum absolute atomic E-state index is 0.135. The van der Waals surface area contributed by atoms with Crippen LogP contribution in [-0.4, -0.2) is 49.4 Å². The van der Waals surface area contributed by atoms with Crippen molar-refractivity contribution < 1.29 is 9.53 Å². The molecule has 1 amide bonds. The highest BCUT2D eigenvalue weighted by Crippen LogP contribution is 2.24. The van der Waals surface area contributed by atoms with Crippen molar-refractivity contribution in [1.29, 1.82) is 0 Å². The monoisotopic (exact) mass is 244 g/mol. The molecule has 1 saturated heterocycles. The van der Waals surface area contributed by atoms with Gasteiger partial charge in [-0.15, -0.1) is 0 Å². The molecule has 0 bridgehead atoms. The van der Waals surface area contributed by atoms with Crippen LogP contribution in [0, 0.1) is 5.92 Å². The molecule has 3 rings (SSSR count). The molecule has 4 nitrogen and oxygen atoms in total. The first kappa shape index (κ1) is 11.6. The van der Waals surface area contributed by atoms with Gasteiger partial charge in [0.25, 0.3) is 5.91 Å². The number of nitrogens with zero attached hydrogens (tertiary/aromatic N) is 2. The van der Waals surface area contributed by atoms with E-state index < -0.39 is 0 Å². The van der Waals surface area contributed by atoms with Gasteiger partial charge in [0, 0.05) is 31.6 Å². The average molecular weight is 244 g/mol. The molecule has 0 saturated carbocycles. The van der Waals surface area contributed by atoms with E-state index in [4.69, 9.17) is 4.74 Å². The lowest BCUT2D eigenvalue weighted by Crippen LogP contribution is -2.39. The summed E-state index contributed by atoms with van der Waals surface area (Å²) in [6.07, 6.45) is 9.67. The van der Waals surface area contributed by atoms with E-state index >= 15 is 0 Å². The van der Waals surface area contributed by atoms with Gasteiger partial charge < -0.3 is 4.74 Å². The zero-order valence-electron chi connectivity index (χ0n) is 10.2. The molecule has 0 aromatic carbocycles. The van der Waals surface area contributed by atoms with Gasteiger partial charge in [-0.05, 0) is 11.6 Å². The molecule has 0 spiro atoms. The summed E-state index contributed by atoms with van der Waals surface area (Å²) in [6, 6.07) is 0. The Morgan fingerprint density at radius 1 is 1.33 bits per heavy atom. The number of dihydropyridines is 1. The fraction of sp³-hybridized carbons (Fsp3) is 0.429. The number of rotatable bonds is 2. The van der Waals surface area contributed by atoms with Crippen LogP contribution in [-0.2, 0) is 9.53 Å². The number of amides is 1. The Morgan fingerprint density at radius 3 is 3.00 bits per heavy atom. The Balaban J connectivity index is 1.76. The van der Waals surface area contributed by atoms with Crippen molar-refractivity contribution in [3.8, 4) is 0 Å². The van der Waals surface area contributed by atoms with Crippen LogP contribution < -0.4 is 0 Å². The lowest BCUT2D eigenvalue weighted by atomic mass is 9.87. The normalized spacial score (nSPS) is 27.8. The van der Waals surface area contributed by atoms with Crippen LogP contribution in [0.3, 0.4) is 0 Å². The second kappa shape index (κ2) is 5.00. The zero-order valence-corrected chi connectivity index (χ0v) is 10.2. The summed E-state index contributed by atoms with van der Waals surface area (Å²) in [5.41, 5.74) is 2.01. The van der Waals surface area contributed by atoms with E-state index in [1.807, 2.05) is 18.2 Å².